The van der Waals surface area contributed by atoms with Crippen LogP contribution in [0.4, 0.5) is 13.2 Å². The first kappa shape index (κ1) is 80.1. The molecule has 15 aromatic carbocycles. The summed E-state index contributed by atoms with van der Waals surface area (Å²) in [6.45, 7) is 20.7. The van der Waals surface area contributed by atoms with Gasteiger partial charge in [0.25, 0.3) is 0 Å². The standard InChI is InChI=1S/C40H33F3N.C40H36N.C38H32N/c1-25-21-36-33-15-9-7-13-31(33)29-11-5-6-12-30(29)32-14-8-10-16-34(32)37(36)23-35(25)38-28-18-17-26(22-27(28)19-20-44(38)4)24-39(2,3)40(41,42)43;1-26-22-37-34-16-10-8-14-32(34)30-12-6-7-13-31(30)33-15-9-11-17-35(33)38(37)24-36(26)39-29-19-18-27(25-40(2,3)4)23-28(29)20-21-41(39)5;1-24(2)27-18-17-26-19-20-39(4)38(35(26)22-27)34-23-37-33-16-10-8-14-31(33)29-12-6-5-11-28(29)30-13-7-9-15-32(30)36(37)21-25(34)3/h5-23H,24H2,1-4H3;6-24H,25H2,1-5H3;5-24H,1-4H3/q3*+1. The number of hydrogen-bond acceptors (Lipinski definition) is 0. The van der Waals surface area contributed by atoms with Crippen molar-refractivity contribution >= 4 is 32.3 Å². The highest BCUT2D eigenvalue weighted by molar-refractivity contribution is 6.09. The van der Waals surface area contributed by atoms with Crippen LogP contribution in [-0.4, -0.2) is 6.18 Å². The van der Waals surface area contributed by atoms with Gasteiger partial charge in [0.05, 0.1) is 38.3 Å². The molecule has 3 nitrogen and oxygen atoms in total. The Kier molecular flexibility index (Phi) is 20.4. The summed E-state index contributed by atoms with van der Waals surface area (Å²) in [5, 5.41) is 7.11. The number of hydrogen-bond donors (Lipinski definition) is 0. The molecular formula is C118H101F3N3+3. The average Bonchev–Trinajstić information content (AvgIpc) is 0.740. The van der Waals surface area contributed by atoms with Crippen molar-refractivity contribution in [3.8, 4) is 167 Å². The number of aromatic nitrogens is 3. The Morgan fingerprint density at radius 3 is 0.742 bits per heavy atom. The second kappa shape index (κ2) is 31.6. The van der Waals surface area contributed by atoms with Crippen LogP contribution in [0.1, 0.15) is 87.8 Å². The number of aryl methyl sites for hydroxylation is 6. The largest absolute Gasteiger partial charge is 0.394 e. The van der Waals surface area contributed by atoms with Gasteiger partial charge >= 0.3 is 6.18 Å². The summed E-state index contributed by atoms with van der Waals surface area (Å²) in [7, 11) is 6.38. The second-order valence-electron chi connectivity index (χ2n) is 36.5. The third kappa shape index (κ3) is 14.4. The van der Waals surface area contributed by atoms with Crippen molar-refractivity contribution in [2.24, 2.45) is 32.0 Å². The van der Waals surface area contributed by atoms with Gasteiger partial charge in [-0.2, -0.15) is 13.2 Å². The average molecular weight is 1620 g/mol. The minimum atomic E-state index is -4.27. The van der Waals surface area contributed by atoms with Crippen molar-refractivity contribution < 1.29 is 26.9 Å². The predicted octanol–water partition coefficient (Wildman–Crippen LogP) is 30.7. The summed E-state index contributed by atoms with van der Waals surface area (Å²) in [6, 6.07) is 120. The van der Waals surface area contributed by atoms with Crippen LogP contribution in [-0.2, 0) is 34.0 Å². The van der Waals surface area contributed by atoms with E-state index in [1.807, 2.05) is 37.5 Å². The molecule has 3 aromatic heterocycles. The van der Waals surface area contributed by atoms with E-state index >= 15 is 0 Å². The first-order valence-electron chi connectivity index (χ1n) is 43.5. The number of halogens is 3. The van der Waals surface area contributed by atoms with Crippen molar-refractivity contribution in [3.63, 3.8) is 0 Å². The maximum absolute atomic E-state index is 13.7. The third-order valence-electron chi connectivity index (χ3n) is 26.1. The lowest BCUT2D eigenvalue weighted by Crippen LogP contribution is -2.34. The molecule has 0 aliphatic heterocycles. The molecule has 0 spiro atoms. The fourth-order valence-electron chi connectivity index (χ4n) is 19.8. The van der Waals surface area contributed by atoms with Gasteiger partial charge in [0.15, 0.2) is 18.6 Å². The molecule has 124 heavy (non-hydrogen) atoms. The Balaban J connectivity index is 0.000000122. The van der Waals surface area contributed by atoms with Crippen LogP contribution >= 0.6 is 0 Å². The first-order chi connectivity index (χ1) is 59.8. The van der Waals surface area contributed by atoms with Crippen molar-refractivity contribution in [2.75, 3.05) is 0 Å². The van der Waals surface area contributed by atoms with E-state index in [1.54, 1.807) is 0 Å². The molecule has 21 rings (SSSR count). The topological polar surface area (TPSA) is 11.6 Å². The Hall–Kier alpha value is -13.7. The highest BCUT2D eigenvalue weighted by Crippen LogP contribution is 2.54. The SMILES string of the molecule is Cc1cc2c(cc1-c1c3cc(C(C)C)ccc3cc[n+]1C)-c1ccccc1-c1ccccc1-c1ccccc1-2.Cc1cc2c(cc1-c1c3ccc(CC(C)(C)C(F)(F)F)cc3cc[n+]1C)-c1ccccc1-c1ccccc1-c1ccccc1-2.Cc1cc2c(cc1-c1c3ccc(CC(C)(C)C)cc3cc[n+]1C)-c1ccccc1-c1ccccc1-c1ccccc1-2. The van der Waals surface area contributed by atoms with Crippen molar-refractivity contribution in [2.45, 2.75) is 94.2 Å². The summed E-state index contributed by atoms with van der Waals surface area (Å²) >= 11 is 0. The summed E-state index contributed by atoms with van der Waals surface area (Å²) in [4.78, 5) is 0. The zero-order valence-electron chi connectivity index (χ0n) is 72.9. The molecule has 0 unspecified atom stereocenters. The minimum Gasteiger partial charge on any atom is -0.200 e. The molecular weight excluding hydrogens is 1520 g/mol. The molecule has 0 amide bonds. The van der Waals surface area contributed by atoms with Gasteiger partial charge in [0.2, 0.25) is 17.1 Å². The van der Waals surface area contributed by atoms with Crippen molar-refractivity contribution in [1.29, 1.82) is 0 Å². The molecule has 18 aromatic rings. The highest BCUT2D eigenvalue weighted by Gasteiger charge is 2.47. The summed E-state index contributed by atoms with van der Waals surface area (Å²) in [5.41, 5.74) is 42.9. The van der Waals surface area contributed by atoms with E-state index in [2.05, 4.69) is 399 Å². The molecule has 0 saturated heterocycles. The van der Waals surface area contributed by atoms with Crippen LogP contribution in [0.3, 0.4) is 0 Å². The van der Waals surface area contributed by atoms with E-state index in [4.69, 9.17) is 0 Å². The van der Waals surface area contributed by atoms with E-state index in [0.717, 1.165) is 39.6 Å². The number of pyridine rings is 3. The van der Waals surface area contributed by atoms with Crippen molar-refractivity contribution in [3.05, 3.63) is 380 Å². The minimum absolute atomic E-state index is 0.0711. The van der Waals surface area contributed by atoms with Crippen LogP contribution in [0.15, 0.2) is 346 Å². The summed E-state index contributed by atoms with van der Waals surface area (Å²) in [5.74, 6) is 0.480. The summed E-state index contributed by atoms with van der Waals surface area (Å²) in [6.07, 6.45) is 3.14. The van der Waals surface area contributed by atoms with E-state index in [-0.39, 0.29) is 11.8 Å². The van der Waals surface area contributed by atoms with Crippen LogP contribution in [0.5, 0.6) is 0 Å². The van der Waals surface area contributed by atoms with Crippen molar-refractivity contribution in [1.82, 2.24) is 0 Å². The maximum atomic E-state index is 13.7. The smallest absolute Gasteiger partial charge is 0.200 e. The Bertz CT molecular complexity index is 7350. The Morgan fingerprint density at radius 2 is 0.484 bits per heavy atom. The quantitative estimate of drug-likeness (QED) is 0.141. The molecule has 0 N–H and O–H groups in total. The van der Waals surface area contributed by atoms with Gasteiger partial charge in [0.1, 0.15) is 21.1 Å². The van der Waals surface area contributed by atoms with E-state index in [1.165, 1.54) is 208 Å². The molecule has 0 fully saturated rings. The zero-order chi connectivity index (χ0) is 85.8. The van der Waals surface area contributed by atoms with Crippen LogP contribution in [0.2, 0.25) is 0 Å². The molecule has 6 heteroatoms. The fraction of sp³-hybridized carbons (Fsp3) is 0.161. The molecule has 0 atom stereocenters. The number of benzene rings is 15. The lowest BCUT2D eigenvalue weighted by atomic mass is 9.79. The normalized spacial score (nSPS) is 12.2. The molecule has 0 bridgehead atoms. The Labute approximate surface area is 727 Å². The van der Waals surface area contributed by atoms with Gasteiger partial charge in [0, 0.05) is 18.2 Å². The van der Waals surface area contributed by atoms with Gasteiger partial charge in [-0.1, -0.05) is 303 Å². The van der Waals surface area contributed by atoms with Gasteiger partial charge in [-0.3, -0.25) is 0 Å². The monoisotopic (exact) mass is 1620 g/mol. The van der Waals surface area contributed by atoms with Gasteiger partial charge in [-0.05, 0) is 283 Å². The third-order valence-corrected chi connectivity index (χ3v) is 26.1. The van der Waals surface area contributed by atoms with Crippen LogP contribution in [0.25, 0.3) is 200 Å². The van der Waals surface area contributed by atoms with E-state index < -0.39 is 11.6 Å². The van der Waals surface area contributed by atoms with Gasteiger partial charge < -0.3 is 0 Å². The number of alkyl halides is 3. The van der Waals surface area contributed by atoms with Gasteiger partial charge in [-0.25, -0.2) is 13.7 Å². The Morgan fingerprint density at radius 1 is 0.242 bits per heavy atom. The molecule has 0 radical (unpaired) electrons. The number of nitrogens with zero attached hydrogens (tertiary/aromatic N) is 3. The first-order valence-corrected chi connectivity index (χ1v) is 43.5. The van der Waals surface area contributed by atoms with Crippen LogP contribution in [0, 0.1) is 31.6 Å². The maximum Gasteiger partial charge on any atom is 0.394 e. The summed E-state index contributed by atoms with van der Waals surface area (Å²) < 4.78 is 47.8. The molecule has 3 aliphatic rings. The molecule has 3 aliphatic carbocycles. The van der Waals surface area contributed by atoms with Crippen LogP contribution < -0.4 is 13.7 Å². The predicted molar refractivity (Wildman–Crippen MR) is 513 cm³/mol. The highest BCUT2D eigenvalue weighted by atomic mass is 19.4. The fourth-order valence-corrected chi connectivity index (χ4v) is 19.8. The second-order valence-corrected chi connectivity index (χ2v) is 36.5. The lowest BCUT2D eigenvalue weighted by molar-refractivity contribution is -0.659. The number of rotatable bonds is 7. The van der Waals surface area contributed by atoms with E-state index in [0.29, 0.717) is 11.5 Å². The molecule has 606 valence electrons. The van der Waals surface area contributed by atoms with E-state index in [9.17, 15) is 13.2 Å². The molecule has 3 heterocycles. The molecule has 0 saturated carbocycles. The number of fused-ring (bicyclic) bond motifs is 27. The lowest BCUT2D eigenvalue weighted by Gasteiger charge is -2.27. The zero-order valence-corrected chi connectivity index (χ0v) is 72.9. The van der Waals surface area contributed by atoms with Gasteiger partial charge in [-0.15, -0.1) is 0 Å².